The molecule has 0 amide bonds. The highest BCUT2D eigenvalue weighted by Crippen LogP contribution is 2.49. The third kappa shape index (κ3) is 4.24. The number of nitriles is 1. The van der Waals surface area contributed by atoms with Gasteiger partial charge in [0.2, 0.25) is 0 Å². The maximum Gasteiger partial charge on any atom is 0.0991 e. The lowest BCUT2D eigenvalue weighted by Gasteiger charge is -2.28. The van der Waals surface area contributed by atoms with Crippen LogP contribution in [0.3, 0.4) is 0 Å². The fourth-order valence-corrected chi connectivity index (χ4v) is 7.26. The first kappa shape index (κ1) is 26.9. The zero-order chi connectivity index (χ0) is 30.7. The number of nitrogens with zero attached hydrogens (tertiary/aromatic N) is 2. The molecule has 2 heteroatoms. The van der Waals surface area contributed by atoms with Crippen molar-refractivity contribution < 1.29 is 0 Å². The van der Waals surface area contributed by atoms with Crippen LogP contribution in [0.25, 0.3) is 44.5 Å². The van der Waals surface area contributed by atoms with Crippen LogP contribution in [0.1, 0.15) is 47.2 Å². The Bertz CT molecular complexity index is 2370. The van der Waals surface area contributed by atoms with Crippen molar-refractivity contribution in [1.29, 1.82) is 5.26 Å². The van der Waals surface area contributed by atoms with Crippen LogP contribution in [0.4, 0.5) is 17.1 Å². The third-order valence-electron chi connectivity index (χ3n) is 9.57. The fourth-order valence-electron chi connectivity index (χ4n) is 7.26. The molecule has 0 N–H and O–H groups in total. The van der Waals surface area contributed by atoms with Crippen LogP contribution in [0.2, 0.25) is 0 Å². The van der Waals surface area contributed by atoms with Gasteiger partial charge in [-0.3, -0.25) is 0 Å². The summed E-state index contributed by atoms with van der Waals surface area (Å²) in [7, 11) is 0. The molecule has 0 aromatic heterocycles. The highest BCUT2D eigenvalue weighted by atomic mass is 15.1. The van der Waals surface area contributed by atoms with E-state index in [9.17, 15) is 5.26 Å². The van der Waals surface area contributed by atoms with E-state index in [0.29, 0.717) is 5.56 Å². The average molecular weight is 577 g/mol. The molecule has 7 aromatic rings. The summed E-state index contributed by atoms with van der Waals surface area (Å²) in [5.41, 5.74) is 10.2. The van der Waals surface area contributed by atoms with Gasteiger partial charge < -0.3 is 4.90 Å². The number of benzene rings is 7. The molecule has 0 radical (unpaired) electrons. The Morgan fingerprint density at radius 1 is 0.622 bits per heavy atom. The molecule has 0 fully saturated rings. The van der Waals surface area contributed by atoms with Gasteiger partial charge in [-0.1, -0.05) is 111 Å². The third-order valence-corrected chi connectivity index (χ3v) is 9.57. The van der Waals surface area contributed by atoms with Crippen LogP contribution >= 0.6 is 0 Å². The Morgan fingerprint density at radius 2 is 1.36 bits per heavy atom. The summed E-state index contributed by atoms with van der Waals surface area (Å²) in [4.78, 5) is 2.30. The van der Waals surface area contributed by atoms with Crippen LogP contribution in [-0.4, -0.2) is 0 Å². The maximum atomic E-state index is 9.42. The summed E-state index contributed by atoms with van der Waals surface area (Å²) in [6.07, 6.45) is 4.52. The normalized spacial score (nSPS) is 13.3. The van der Waals surface area contributed by atoms with Gasteiger partial charge in [-0.2, -0.15) is 5.26 Å². The van der Waals surface area contributed by atoms with Crippen molar-refractivity contribution in [3.63, 3.8) is 0 Å². The smallest absolute Gasteiger partial charge is 0.0991 e. The highest BCUT2D eigenvalue weighted by Gasteiger charge is 2.33. The number of fused-ring (bicyclic) bond motifs is 1. The predicted octanol–water partition coefficient (Wildman–Crippen LogP) is 11.6. The summed E-state index contributed by atoms with van der Waals surface area (Å²) in [5, 5.41) is 17.2. The fraction of sp³-hybridized carbons (Fsp3) is 0.0930. The van der Waals surface area contributed by atoms with Crippen molar-refractivity contribution in [1.82, 2.24) is 0 Å². The lowest BCUT2D eigenvalue weighted by atomic mass is 9.81. The molecule has 0 unspecified atom stereocenters. The van der Waals surface area contributed by atoms with E-state index in [0.717, 1.165) is 17.1 Å². The summed E-state index contributed by atoms with van der Waals surface area (Å²) >= 11 is 0. The van der Waals surface area contributed by atoms with Crippen molar-refractivity contribution in [3.8, 4) is 6.07 Å². The van der Waals surface area contributed by atoms with E-state index in [-0.39, 0.29) is 5.41 Å². The number of rotatable bonds is 5. The molecule has 0 bridgehead atoms. The molecule has 0 saturated heterocycles. The first-order valence-corrected chi connectivity index (χ1v) is 15.5. The van der Waals surface area contributed by atoms with Gasteiger partial charge in [-0.25, -0.2) is 0 Å². The minimum absolute atomic E-state index is 0.0376. The molecule has 8 rings (SSSR count). The number of para-hydroxylation sites is 1. The lowest BCUT2D eigenvalue weighted by molar-refractivity contribution is 0.662. The topological polar surface area (TPSA) is 27.0 Å². The number of anilines is 3. The van der Waals surface area contributed by atoms with E-state index in [1.807, 2.05) is 24.3 Å². The van der Waals surface area contributed by atoms with Gasteiger partial charge in [0.25, 0.3) is 0 Å². The Balaban J connectivity index is 1.25. The lowest BCUT2D eigenvalue weighted by Crippen LogP contribution is -2.15. The van der Waals surface area contributed by atoms with Crippen molar-refractivity contribution in [3.05, 3.63) is 161 Å². The Morgan fingerprint density at radius 3 is 2.16 bits per heavy atom. The first-order valence-electron chi connectivity index (χ1n) is 15.5. The molecule has 45 heavy (non-hydrogen) atoms. The van der Waals surface area contributed by atoms with Gasteiger partial charge in [0.05, 0.1) is 17.3 Å². The second-order valence-electron chi connectivity index (χ2n) is 12.6. The predicted molar refractivity (Wildman–Crippen MR) is 191 cm³/mol. The monoisotopic (exact) mass is 576 g/mol. The summed E-state index contributed by atoms with van der Waals surface area (Å²) < 4.78 is 0. The Labute approximate surface area is 264 Å². The van der Waals surface area contributed by atoms with Crippen molar-refractivity contribution in [2.45, 2.75) is 26.2 Å². The Hall–Kier alpha value is -5.65. The van der Waals surface area contributed by atoms with Crippen LogP contribution in [0.15, 0.2) is 127 Å². The first-order chi connectivity index (χ1) is 21.9. The summed E-state index contributed by atoms with van der Waals surface area (Å²) in [5.74, 6) is 0. The van der Waals surface area contributed by atoms with Crippen LogP contribution in [0.5, 0.6) is 0 Å². The molecule has 1 aliphatic rings. The molecule has 0 heterocycles. The van der Waals surface area contributed by atoms with Gasteiger partial charge in [-0.15, -0.1) is 0 Å². The standard InChI is InChI=1S/C43H32N2/c1-28-9-4-7-14-39(28)45(34-22-16-29(27-44)17-23-34)40-24-21-31(35-11-5-6-12-36(35)40)18-15-30-25-33-20-19-32-10-8-13-37-41(32)42(33)38(26-30)43(37,2)3/h4-26H,1-3H3. The molecule has 214 valence electrons. The molecular weight excluding hydrogens is 544 g/mol. The van der Waals surface area contributed by atoms with E-state index in [4.69, 9.17) is 0 Å². The largest absolute Gasteiger partial charge is 0.310 e. The zero-order valence-electron chi connectivity index (χ0n) is 25.7. The molecule has 2 nitrogen and oxygen atoms in total. The summed E-state index contributed by atoms with van der Waals surface area (Å²) in [6.45, 7) is 6.85. The van der Waals surface area contributed by atoms with E-state index in [2.05, 4.69) is 147 Å². The average Bonchev–Trinajstić information content (AvgIpc) is 3.31. The van der Waals surface area contributed by atoms with Gasteiger partial charge in [0, 0.05) is 22.2 Å². The second kappa shape index (κ2) is 10.2. The molecule has 0 saturated carbocycles. The van der Waals surface area contributed by atoms with E-state index < -0.39 is 0 Å². The number of aryl methyl sites for hydroxylation is 1. The van der Waals surface area contributed by atoms with Crippen molar-refractivity contribution in [2.75, 3.05) is 4.90 Å². The van der Waals surface area contributed by atoms with Crippen LogP contribution in [0, 0.1) is 18.3 Å². The van der Waals surface area contributed by atoms with Crippen molar-refractivity contribution >= 4 is 61.5 Å². The van der Waals surface area contributed by atoms with Crippen LogP contribution in [-0.2, 0) is 5.41 Å². The molecule has 7 aromatic carbocycles. The second-order valence-corrected chi connectivity index (χ2v) is 12.6. The Kier molecular flexibility index (Phi) is 6.12. The zero-order valence-corrected chi connectivity index (χ0v) is 25.7. The minimum atomic E-state index is -0.0376. The summed E-state index contributed by atoms with van der Waals surface area (Å²) in [6, 6.07) is 47.6. The van der Waals surface area contributed by atoms with E-state index in [1.54, 1.807) is 0 Å². The van der Waals surface area contributed by atoms with E-state index >= 15 is 0 Å². The minimum Gasteiger partial charge on any atom is -0.310 e. The number of hydrogen-bond acceptors (Lipinski definition) is 2. The molecule has 0 spiro atoms. The van der Waals surface area contributed by atoms with Crippen LogP contribution < -0.4 is 4.90 Å². The van der Waals surface area contributed by atoms with Gasteiger partial charge in [0.1, 0.15) is 0 Å². The molecular formula is C43H32N2. The van der Waals surface area contributed by atoms with Gasteiger partial charge in [0.15, 0.2) is 0 Å². The van der Waals surface area contributed by atoms with Gasteiger partial charge in [-0.05, 0) is 104 Å². The quantitative estimate of drug-likeness (QED) is 0.150. The molecule has 1 aliphatic carbocycles. The van der Waals surface area contributed by atoms with Crippen molar-refractivity contribution in [2.24, 2.45) is 0 Å². The molecule has 0 aliphatic heterocycles. The van der Waals surface area contributed by atoms with Gasteiger partial charge >= 0.3 is 0 Å². The number of hydrogen-bond donors (Lipinski definition) is 0. The van der Waals surface area contributed by atoms with E-state index in [1.165, 1.54) is 60.1 Å². The highest BCUT2D eigenvalue weighted by molar-refractivity contribution is 6.15. The SMILES string of the molecule is Cc1ccccc1N(c1ccc(C#N)cc1)c1ccc(C=Cc2cc3c4c(ccc5cccc(c54)C3(C)C)c2)c2ccccc12. The molecule has 0 atom stereocenters. The maximum absolute atomic E-state index is 9.42.